The van der Waals surface area contributed by atoms with Gasteiger partial charge in [-0.3, -0.25) is 0 Å². The first kappa shape index (κ1) is 17.4. The van der Waals surface area contributed by atoms with Crippen LogP contribution in [0.25, 0.3) is 0 Å². The molecule has 0 heterocycles. The summed E-state index contributed by atoms with van der Waals surface area (Å²) in [5.41, 5.74) is 0. The largest absolute Gasteiger partial charge is 0.335 e. The molecule has 0 amide bonds. The summed E-state index contributed by atoms with van der Waals surface area (Å²) < 4.78 is 0. The lowest BCUT2D eigenvalue weighted by molar-refractivity contribution is -0.900. The van der Waals surface area contributed by atoms with Crippen LogP contribution < -0.4 is 4.90 Å². The molecule has 0 aromatic heterocycles. The summed E-state index contributed by atoms with van der Waals surface area (Å²) in [7, 11) is 0. The fraction of sp³-hybridized carbons (Fsp3) is 1.00. The van der Waals surface area contributed by atoms with Crippen LogP contribution in [0.15, 0.2) is 0 Å². The van der Waals surface area contributed by atoms with Gasteiger partial charge in [-0.25, -0.2) is 0 Å². The van der Waals surface area contributed by atoms with Gasteiger partial charge in [-0.1, -0.05) is 53.9 Å². The number of hydrogen-bond donors (Lipinski definition) is 1. The zero-order valence-corrected chi connectivity index (χ0v) is 11.9. The Balaban J connectivity index is 0. The molecule has 0 aliphatic heterocycles. The molecule has 0 radical (unpaired) electrons. The second-order valence-corrected chi connectivity index (χ2v) is 4.06. The van der Waals surface area contributed by atoms with Crippen LogP contribution in [0.4, 0.5) is 0 Å². The monoisotopic (exact) mass is 216 g/mol. The molecule has 0 aromatic carbocycles. The van der Waals surface area contributed by atoms with Crippen molar-refractivity contribution in [2.45, 2.75) is 73.1 Å². The summed E-state index contributed by atoms with van der Waals surface area (Å²) in [5, 5.41) is 0. The van der Waals surface area contributed by atoms with Crippen LogP contribution in [-0.4, -0.2) is 19.6 Å². The smallest absolute Gasteiger partial charge is 0.0770 e. The van der Waals surface area contributed by atoms with Crippen LogP contribution in [0.5, 0.6) is 0 Å². The highest BCUT2D eigenvalue weighted by molar-refractivity contribution is 4.37. The van der Waals surface area contributed by atoms with Gasteiger partial charge < -0.3 is 4.90 Å². The van der Waals surface area contributed by atoms with Crippen molar-refractivity contribution in [1.29, 1.82) is 0 Å². The Morgan fingerprint density at radius 1 is 0.600 bits per heavy atom. The van der Waals surface area contributed by atoms with E-state index in [-0.39, 0.29) is 0 Å². The van der Waals surface area contributed by atoms with E-state index in [2.05, 4.69) is 20.8 Å². The van der Waals surface area contributed by atoms with Crippen molar-refractivity contribution in [1.82, 2.24) is 0 Å². The summed E-state index contributed by atoms with van der Waals surface area (Å²) in [6.07, 6.45) is 8.26. The number of nitrogens with one attached hydrogen (secondary N) is 1. The Hall–Kier alpha value is -0.0400. The Morgan fingerprint density at radius 3 is 1.07 bits per heavy atom. The molecular weight excluding hydrogens is 182 g/mol. The van der Waals surface area contributed by atoms with Gasteiger partial charge in [0, 0.05) is 0 Å². The van der Waals surface area contributed by atoms with Crippen molar-refractivity contribution in [3.63, 3.8) is 0 Å². The molecule has 0 spiro atoms. The van der Waals surface area contributed by atoms with E-state index in [0.717, 1.165) is 0 Å². The molecule has 1 N–H and O–H groups in total. The average Bonchev–Trinajstić information content (AvgIpc) is 2.31. The summed E-state index contributed by atoms with van der Waals surface area (Å²) >= 11 is 0. The van der Waals surface area contributed by atoms with E-state index >= 15 is 0 Å². The lowest BCUT2D eigenvalue weighted by atomic mass is 10.2. The maximum atomic E-state index is 2.29. The van der Waals surface area contributed by atoms with Gasteiger partial charge in [0.1, 0.15) is 0 Å². The first-order valence-corrected chi connectivity index (χ1v) is 7.18. The van der Waals surface area contributed by atoms with Crippen LogP contribution in [0.2, 0.25) is 0 Å². The normalized spacial score (nSPS) is 10.0. The second kappa shape index (κ2) is 16.4. The minimum Gasteiger partial charge on any atom is -0.335 e. The predicted molar refractivity (Wildman–Crippen MR) is 71.6 cm³/mol. The molecule has 0 bridgehead atoms. The molecule has 0 fully saturated rings. The quantitative estimate of drug-likeness (QED) is 0.603. The van der Waals surface area contributed by atoms with Crippen LogP contribution in [0.3, 0.4) is 0 Å². The molecule has 0 rings (SSSR count). The van der Waals surface area contributed by atoms with E-state index in [1.807, 2.05) is 18.7 Å². The van der Waals surface area contributed by atoms with Gasteiger partial charge in [-0.2, -0.15) is 0 Å². The average molecular weight is 216 g/mol. The molecule has 0 saturated carbocycles. The molecular formula is C14H34N+. The van der Waals surface area contributed by atoms with Gasteiger partial charge in [0.15, 0.2) is 0 Å². The second-order valence-electron chi connectivity index (χ2n) is 4.06. The van der Waals surface area contributed by atoms with Crippen molar-refractivity contribution in [3.05, 3.63) is 0 Å². The van der Waals surface area contributed by atoms with Crippen molar-refractivity contribution in [3.8, 4) is 0 Å². The Kier molecular flexibility index (Phi) is 19.0. The van der Waals surface area contributed by atoms with E-state index in [1.165, 1.54) is 58.2 Å². The molecule has 0 aliphatic rings. The highest BCUT2D eigenvalue weighted by Gasteiger charge is 2.05. The third-order valence-electron chi connectivity index (χ3n) is 2.65. The zero-order chi connectivity index (χ0) is 11.9. The number of quaternary nitrogens is 1. The Labute approximate surface area is 98.2 Å². The maximum Gasteiger partial charge on any atom is 0.0770 e. The maximum absolute atomic E-state index is 2.29. The minimum absolute atomic E-state index is 1.35. The van der Waals surface area contributed by atoms with Crippen molar-refractivity contribution in [2.24, 2.45) is 0 Å². The van der Waals surface area contributed by atoms with E-state index < -0.39 is 0 Å². The molecule has 1 nitrogen and oxygen atoms in total. The summed E-state index contributed by atoms with van der Waals surface area (Å²) in [4.78, 5) is 1.84. The summed E-state index contributed by atoms with van der Waals surface area (Å²) in [6.45, 7) is 15.1. The molecule has 1 heteroatoms. The van der Waals surface area contributed by atoms with Crippen molar-refractivity contribution < 1.29 is 4.90 Å². The van der Waals surface area contributed by atoms with Crippen LogP contribution in [0, 0.1) is 0 Å². The minimum atomic E-state index is 1.35. The van der Waals surface area contributed by atoms with Crippen LogP contribution in [0.1, 0.15) is 73.1 Å². The van der Waals surface area contributed by atoms with Crippen molar-refractivity contribution in [2.75, 3.05) is 19.6 Å². The molecule has 0 unspecified atom stereocenters. The fourth-order valence-corrected chi connectivity index (χ4v) is 1.66. The zero-order valence-electron chi connectivity index (χ0n) is 11.9. The predicted octanol–water partition coefficient (Wildman–Crippen LogP) is 3.30. The lowest BCUT2D eigenvalue weighted by Crippen LogP contribution is -3.12. The Bertz CT molecular complexity index is 72.3. The van der Waals surface area contributed by atoms with Gasteiger partial charge >= 0.3 is 0 Å². The number of hydrogen-bond acceptors (Lipinski definition) is 0. The molecule has 0 aliphatic carbocycles. The highest BCUT2D eigenvalue weighted by atomic mass is 15.1. The SMILES string of the molecule is CC.CCCC[NH+](CCCC)CCCC. The molecule has 0 aromatic rings. The van der Waals surface area contributed by atoms with E-state index in [0.29, 0.717) is 0 Å². The van der Waals surface area contributed by atoms with Gasteiger partial charge in [-0.15, -0.1) is 0 Å². The topological polar surface area (TPSA) is 4.44 Å². The number of rotatable bonds is 9. The molecule has 94 valence electrons. The van der Waals surface area contributed by atoms with E-state index in [4.69, 9.17) is 0 Å². The molecule has 15 heavy (non-hydrogen) atoms. The van der Waals surface area contributed by atoms with E-state index in [9.17, 15) is 0 Å². The standard InChI is InChI=1S/C12H27N.C2H6/c1-4-7-10-13(11-8-5-2)12-9-6-3;1-2/h4-12H2,1-3H3;1-2H3/p+1. The lowest BCUT2D eigenvalue weighted by Gasteiger charge is -2.18. The Morgan fingerprint density at radius 2 is 0.867 bits per heavy atom. The first-order valence-electron chi connectivity index (χ1n) is 7.18. The van der Waals surface area contributed by atoms with E-state index in [1.54, 1.807) is 0 Å². The third-order valence-corrected chi connectivity index (χ3v) is 2.65. The highest BCUT2D eigenvalue weighted by Crippen LogP contribution is 1.85. The van der Waals surface area contributed by atoms with Gasteiger partial charge in [0.05, 0.1) is 19.6 Å². The molecule has 0 atom stereocenters. The number of unbranched alkanes of at least 4 members (excludes halogenated alkanes) is 3. The van der Waals surface area contributed by atoms with Crippen LogP contribution in [-0.2, 0) is 0 Å². The van der Waals surface area contributed by atoms with Gasteiger partial charge in [0.25, 0.3) is 0 Å². The fourth-order valence-electron chi connectivity index (χ4n) is 1.66. The van der Waals surface area contributed by atoms with Crippen molar-refractivity contribution >= 4 is 0 Å². The molecule has 0 saturated heterocycles. The van der Waals surface area contributed by atoms with Gasteiger partial charge in [0.2, 0.25) is 0 Å². The van der Waals surface area contributed by atoms with Gasteiger partial charge in [-0.05, 0) is 19.3 Å². The van der Waals surface area contributed by atoms with Crippen LogP contribution >= 0.6 is 0 Å². The first-order chi connectivity index (χ1) is 7.35. The third kappa shape index (κ3) is 14.0. The summed E-state index contributed by atoms with van der Waals surface area (Å²) in [6, 6.07) is 0. The summed E-state index contributed by atoms with van der Waals surface area (Å²) in [5.74, 6) is 0.